The van der Waals surface area contributed by atoms with Crippen molar-refractivity contribution in [3.8, 4) is 0 Å². The van der Waals surface area contributed by atoms with Crippen molar-refractivity contribution in [2.75, 3.05) is 0 Å². The Morgan fingerprint density at radius 3 is 1.71 bits per heavy atom. The highest BCUT2D eigenvalue weighted by atomic mass is 14.5. The van der Waals surface area contributed by atoms with Crippen molar-refractivity contribution in [3.05, 3.63) is 24.4 Å². The molecule has 0 spiro atoms. The molecule has 0 saturated carbocycles. The maximum absolute atomic E-state index is 5.48. The number of hydrogen-bond donors (Lipinski definition) is 1. The van der Waals surface area contributed by atoms with Gasteiger partial charge in [-0.2, -0.15) is 0 Å². The molecular weight excluding hydrogens is 170 g/mol. The highest BCUT2D eigenvalue weighted by molar-refractivity contribution is 4.87. The van der Waals surface area contributed by atoms with E-state index in [4.69, 9.17) is 5.73 Å². The first kappa shape index (κ1) is 13.3. The topological polar surface area (TPSA) is 26.0 Å². The van der Waals surface area contributed by atoms with Gasteiger partial charge >= 0.3 is 0 Å². The van der Waals surface area contributed by atoms with E-state index in [0.717, 1.165) is 12.1 Å². The lowest BCUT2D eigenvalue weighted by molar-refractivity contribution is 0.592. The highest BCUT2D eigenvalue weighted by Gasteiger charge is 1.92. The van der Waals surface area contributed by atoms with Crippen molar-refractivity contribution in [3.63, 3.8) is 0 Å². The van der Waals surface area contributed by atoms with E-state index in [9.17, 15) is 0 Å². The molecule has 1 nitrogen and oxygen atoms in total. The summed E-state index contributed by atoms with van der Waals surface area (Å²) in [6, 6.07) is 0. The van der Waals surface area contributed by atoms with Gasteiger partial charge in [-0.15, -0.1) is 6.58 Å². The summed E-state index contributed by atoms with van der Waals surface area (Å²) in [4.78, 5) is 0. The molecule has 0 aromatic heterocycles. The Morgan fingerprint density at radius 2 is 1.29 bits per heavy atom. The second-order valence-electron chi connectivity index (χ2n) is 4.24. The average Bonchev–Trinajstić information content (AvgIpc) is 2.08. The van der Waals surface area contributed by atoms with Gasteiger partial charge in [0.05, 0.1) is 0 Å². The van der Waals surface area contributed by atoms with Crippen LogP contribution in [-0.4, -0.2) is 0 Å². The first-order chi connectivity index (χ1) is 6.63. The molecule has 0 aliphatic carbocycles. The Hall–Kier alpha value is -0.720. The van der Waals surface area contributed by atoms with Crippen LogP contribution in [-0.2, 0) is 0 Å². The van der Waals surface area contributed by atoms with Crippen LogP contribution in [0.1, 0.15) is 58.3 Å². The minimum Gasteiger partial charge on any atom is -0.403 e. The second-order valence-corrected chi connectivity index (χ2v) is 4.24. The SMILES string of the molecule is C=C(C)CCCCCCCCC(=C)N. The van der Waals surface area contributed by atoms with Gasteiger partial charge in [-0.05, 0) is 32.6 Å². The third-order valence-corrected chi connectivity index (χ3v) is 2.35. The fourth-order valence-corrected chi connectivity index (χ4v) is 1.49. The second kappa shape index (κ2) is 8.86. The molecule has 0 fully saturated rings. The van der Waals surface area contributed by atoms with Crippen LogP contribution < -0.4 is 5.73 Å². The average molecular weight is 195 g/mol. The van der Waals surface area contributed by atoms with Crippen molar-refractivity contribution in [1.29, 1.82) is 0 Å². The molecule has 0 radical (unpaired) electrons. The van der Waals surface area contributed by atoms with Crippen molar-refractivity contribution >= 4 is 0 Å². The summed E-state index contributed by atoms with van der Waals surface area (Å²) in [5, 5.41) is 0. The van der Waals surface area contributed by atoms with E-state index in [1.54, 1.807) is 0 Å². The molecular formula is C13H25N. The lowest BCUT2D eigenvalue weighted by Gasteiger charge is -2.02. The van der Waals surface area contributed by atoms with Crippen LogP contribution >= 0.6 is 0 Å². The first-order valence-corrected chi connectivity index (χ1v) is 5.70. The molecule has 0 amide bonds. The van der Waals surface area contributed by atoms with Crippen molar-refractivity contribution in [1.82, 2.24) is 0 Å². The fraction of sp³-hybridized carbons (Fsp3) is 0.692. The lowest BCUT2D eigenvalue weighted by Crippen LogP contribution is -1.93. The summed E-state index contributed by atoms with van der Waals surface area (Å²) >= 11 is 0. The minimum absolute atomic E-state index is 0.826. The zero-order valence-corrected chi connectivity index (χ0v) is 9.65. The summed E-state index contributed by atoms with van der Waals surface area (Å²) in [5.74, 6) is 0. The maximum atomic E-state index is 5.48. The predicted molar refractivity (Wildman–Crippen MR) is 65.1 cm³/mol. The maximum Gasteiger partial charge on any atom is 0.000744 e. The zero-order valence-electron chi connectivity index (χ0n) is 9.65. The molecule has 0 aromatic rings. The normalized spacial score (nSPS) is 10.1. The van der Waals surface area contributed by atoms with E-state index in [0.29, 0.717) is 0 Å². The van der Waals surface area contributed by atoms with Crippen LogP contribution in [0.2, 0.25) is 0 Å². The summed E-state index contributed by atoms with van der Waals surface area (Å²) in [6.07, 6.45) is 10.0. The third kappa shape index (κ3) is 11.3. The molecule has 2 N–H and O–H groups in total. The van der Waals surface area contributed by atoms with Crippen LogP contribution in [0.5, 0.6) is 0 Å². The Kier molecular flexibility index (Phi) is 8.40. The van der Waals surface area contributed by atoms with Gasteiger partial charge in [-0.25, -0.2) is 0 Å². The molecule has 82 valence electrons. The Morgan fingerprint density at radius 1 is 0.857 bits per heavy atom. The molecule has 0 aromatic carbocycles. The van der Waals surface area contributed by atoms with Gasteiger partial charge < -0.3 is 5.73 Å². The van der Waals surface area contributed by atoms with Crippen LogP contribution in [0.25, 0.3) is 0 Å². The lowest BCUT2D eigenvalue weighted by atomic mass is 10.1. The molecule has 0 aliphatic rings. The quantitative estimate of drug-likeness (QED) is 0.434. The molecule has 0 aliphatic heterocycles. The predicted octanol–water partition coefficient (Wildman–Crippen LogP) is 4.16. The Balaban J connectivity index is 2.99. The monoisotopic (exact) mass is 195 g/mol. The van der Waals surface area contributed by atoms with Gasteiger partial charge in [0, 0.05) is 5.70 Å². The number of nitrogens with two attached hydrogens (primary N) is 1. The van der Waals surface area contributed by atoms with Gasteiger partial charge in [0.2, 0.25) is 0 Å². The van der Waals surface area contributed by atoms with Gasteiger partial charge in [0.25, 0.3) is 0 Å². The van der Waals surface area contributed by atoms with E-state index in [1.165, 1.54) is 50.5 Å². The molecule has 0 bridgehead atoms. The number of unbranched alkanes of at least 4 members (excludes halogenated alkanes) is 5. The zero-order chi connectivity index (χ0) is 10.8. The molecule has 0 atom stereocenters. The summed E-state index contributed by atoms with van der Waals surface area (Å²) in [5.41, 5.74) is 7.62. The first-order valence-electron chi connectivity index (χ1n) is 5.70. The van der Waals surface area contributed by atoms with Gasteiger partial charge in [0.1, 0.15) is 0 Å². The molecule has 0 rings (SSSR count). The van der Waals surface area contributed by atoms with Crippen LogP contribution in [0.4, 0.5) is 0 Å². The number of rotatable bonds is 9. The van der Waals surface area contributed by atoms with Gasteiger partial charge in [-0.1, -0.05) is 37.8 Å². The molecule has 0 unspecified atom stereocenters. The van der Waals surface area contributed by atoms with Crippen LogP contribution in [0.15, 0.2) is 24.4 Å². The molecule has 1 heteroatoms. The Bertz CT molecular complexity index is 150. The van der Waals surface area contributed by atoms with Gasteiger partial charge in [0.15, 0.2) is 0 Å². The standard InChI is InChI=1S/C13H25N/c1-12(2)10-8-6-4-5-7-9-11-13(3)14/h1,3-11,14H2,2H3. The summed E-state index contributed by atoms with van der Waals surface area (Å²) in [6.45, 7) is 9.69. The van der Waals surface area contributed by atoms with Crippen LogP contribution in [0, 0.1) is 0 Å². The van der Waals surface area contributed by atoms with E-state index >= 15 is 0 Å². The molecule has 0 saturated heterocycles. The Labute approximate surface area is 89.1 Å². The van der Waals surface area contributed by atoms with Crippen LogP contribution in [0.3, 0.4) is 0 Å². The summed E-state index contributed by atoms with van der Waals surface area (Å²) in [7, 11) is 0. The van der Waals surface area contributed by atoms with Crippen molar-refractivity contribution in [2.45, 2.75) is 58.3 Å². The molecule has 14 heavy (non-hydrogen) atoms. The summed E-state index contributed by atoms with van der Waals surface area (Å²) < 4.78 is 0. The van der Waals surface area contributed by atoms with E-state index in [-0.39, 0.29) is 0 Å². The fourth-order valence-electron chi connectivity index (χ4n) is 1.49. The van der Waals surface area contributed by atoms with Crippen molar-refractivity contribution in [2.24, 2.45) is 5.73 Å². The van der Waals surface area contributed by atoms with E-state index in [2.05, 4.69) is 20.1 Å². The van der Waals surface area contributed by atoms with Gasteiger partial charge in [-0.3, -0.25) is 0 Å². The third-order valence-electron chi connectivity index (χ3n) is 2.35. The van der Waals surface area contributed by atoms with E-state index < -0.39 is 0 Å². The largest absolute Gasteiger partial charge is 0.403 e. The van der Waals surface area contributed by atoms with E-state index in [1.807, 2.05) is 0 Å². The molecule has 0 heterocycles. The smallest absolute Gasteiger partial charge is 0.000744 e. The number of hydrogen-bond acceptors (Lipinski definition) is 1. The number of allylic oxidation sites excluding steroid dienone is 2. The minimum atomic E-state index is 0.826. The van der Waals surface area contributed by atoms with Crippen molar-refractivity contribution < 1.29 is 0 Å². The highest BCUT2D eigenvalue weighted by Crippen LogP contribution is 2.11.